The molecule has 11 nitrogen and oxygen atoms in total. The summed E-state index contributed by atoms with van der Waals surface area (Å²) in [6, 6.07) is 15.3. The van der Waals surface area contributed by atoms with E-state index in [1.54, 1.807) is 40.0 Å². The van der Waals surface area contributed by atoms with Crippen molar-refractivity contribution in [1.29, 1.82) is 0 Å². The van der Waals surface area contributed by atoms with E-state index >= 15 is 0 Å². The Kier molecular flexibility index (Phi) is 11.2. The summed E-state index contributed by atoms with van der Waals surface area (Å²) in [6.07, 6.45) is 5.30. The van der Waals surface area contributed by atoms with Crippen LogP contribution in [0.4, 0.5) is 10.5 Å². The van der Waals surface area contributed by atoms with Crippen LogP contribution in [0.1, 0.15) is 52.2 Å². The number of nitrogens with zero attached hydrogens (tertiary/aromatic N) is 3. The number of carbonyl (C=O) groups is 3. The van der Waals surface area contributed by atoms with Crippen LogP contribution in [-0.4, -0.2) is 79.3 Å². The number of anilines is 1. The van der Waals surface area contributed by atoms with Crippen LogP contribution >= 0.6 is 23.2 Å². The van der Waals surface area contributed by atoms with Crippen molar-refractivity contribution in [2.75, 3.05) is 45.3 Å². The summed E-state index contributed by atoms with van der Waals surface area (Å²) in [4.78, 5) is 41.1. The van der Waals surface area contributed by atoms with Gasteiger partial charge in [-0.2, -0.15) is 5.10 Å². The number of hydrogen-bond acceptors (Lipinski definition) is 6. The lowest BCUT2D eigenvalue weighted by atomic mass is 9.93. The summed E-state index contributed by atoms with van der Waals surface area (Å²) >= 11 is 12.7. The number of amides is 2. The molecule has 2 heterocycles. The summed E-state index contributed by atoms with van der Waals surface area (Å²) in [5, 5.41) is 18.0. The first-order valence-corrected chi connectivity index (χ1v) is 17.8. The first-order chi connectivity index (χ1) is 24.5. The average molecular weight is 736 g/mol. The summed E-state index contributed by atoms with van der Waals surface area (Å²) in [5.74, 6) is -0.175. The van der Waals surface area contributed by atoms with Crippen molar-refractivity contribution in [3.8, 4) is 16.9 Å². The molecule has 268 valence electrons. The number of quaternary nitrogens is 1. The van der Waals surface area contributed by atoms with Gasteiger partial charge >= 0.3 is 12.1 Å². The Morgan fingerprint density at radius 2 is 1.88 bits per heavy atom. The van der Waals surface area contributed by atoms with Gasteiger partial charge in [0.1, 0.15) is 25.0 Å². The number of carbonyl (C=O) groups excluding carboxylic acids is 2. The van der Waals surface area contributed by atoms with Gasteiger partial charge in [0.15, 0.2) is 0 Å². The van der Waals surface area contributed by atoms with Crippen LogP contribution in [0.3, 0.4) is 0 Å². The normalized spacial score (nSPS) is 16.6. The molecule has 0 radical (unpaired) electrons. The Labute approximate surface area is 307 Å². The standard InChI is InChI=1S/C38H41Cl2N5O6/c1-23-30(39)8-5-11-34(23)50-15-16-51-38(49)45-22-25-18-29(25)35-28(7-4-10-33(35)45)27-19-41-44(21-27)20-26-17-24(12-13-31(26)40)36(46)42-32(37(47)48)9-6-14-43(2)3/h4-5,7-8,10-13,17,19,21,25,29,32H,6,9,14-16,18,20,22H2,1-3H3,(H,42,46)(H,47,48)/p+1/t25-,29-,32-/m0/s1. The Hall–Kier alpha value is -4.58. The van der Waals surface area contributed by atoms with Crippen LogP contribution in [0.25, 0.3) is 11.1 Å². The Morgan fingerprint density at radius 3 is 2.67 bits per heavy atom. The van der Waals surface area contributed by atoms with E-state index in [1.807, 2.05) is 57.5 Å². The minimum atomic E-state index is -1.06. The topological polar surface area (TPSA) is 127 Å². The Balaban J connectivity index is 1.12. The molecule has 3 N–H and O–H groups in total. The highest BCUT2D eigenvalue weighted by Gasteiger charge is 2.48. The van der Waals surface area contributed by atoms with Gasteiger partial charge < -0.3 is 24.8 Å². The van der Waals surface area contributed by atoms with Crippen LogP contribution in [0.2, 0.25) is 10.0 Å². The quantitative estimate of drug-likeness (QED) is 0.147. The van der Waals surface area contributed by atoms with Gasteiger partial charge in [0, 0.05) is 39.5 Å². The predicted octanol–water partition coefficient (Wildman–Crippen LogP) is 5.46. The minimum Gasteiger partial charge on any atom is -0.490 e. The van der Waals surface area contributed by atoms with E-state index in [2.05, 4.69) is 10.4 Å². The van der Waals surface area contributed by atoms with Crippen LogP contribution in [0.15, 0.2) is 67.0 Å². The van der Waals surface area contributed by atoms with Gasteiger partial charge in [-0.1, -0.05) is 41.4 Å². The molecule has 1 aliphatic carbocycles. The summed E-state index contributed by atoms with van der Waals surface area (Å²) < 4.78 is 13.2. The molecular formula is C38H42Cl2N5O6+. The fourth-order valence-electron chi connectivity index (χ4n) is 6.60. The van der Waals surface area contributed by atoms with Crippen molar-refractivity contribution in [2.45, 2.75) is 44.7 Å². The van der Waals surface area contributed by atoms with Crippen LogP contribution < -0.4 is 19.9 Å². The second-order valence-corrected chi connectivity index (χ2v) is 14.3. The Morgan fingerprint density at radius 1 is 1.08 bits per heavy atom. The molecule has 13 heteroatoms. The summed E-state index contributed by atoms with van der Waals surface area (Å²) in [6.45, 7) is 3.88. The lowest BCUT2D eigenvalue weighted by Gasteiger charge is -2.29. The van der Waals surface area contributed by atoms with Gasteiger partial charge in [-0.15, -0.1) is 0 Å². The maximum atomic E-state index is 13.3. The minimum absolute atomic E-state index is 0.0975. The predicted molar refractivity (Wildman–Crippen MR) is 195 cm³/mol. The molecule has 0 spiro atoms. The number of aliphatic carboxylic acids is 1. The molecule has 1 fully saturated rings. The smallest absolute Gasteiger partial charge is 0.414 e. The van der Waals surface area contributed by atoms with Crippen molar-refractivity contribution in [3.05, 3.63) is 99.3 Å². The highest BCUT2D eigenvalue weighted by molar-refractivity contribution is 6.31. The molecule has 1 saturated carbocycles. The monoisotopic (exact) mass is 734 g/mol. The Bertz CT molecular complexity index is 1930. The van der Waals surface area contributed by atoms with E-state index in [0.29, 0.717) is 64.7 Å². The van der Waals surface area contributed by atoms with E-state index in [-0.39, 0.29) is 13.2 Å². The number of fused-ring (bicyclic) bond motifs is 3. The first-order valence-electron chi connectivity index (χ1n) is 17.1. The molecule has 1 aromatic heterocycles. The van der Waals surface area contributed by atoms with Crippen LogP contribution in [-0.2, 0) is 16.1 Å². The number of carboxylic acids is 1. The summed E-state index contributed by atoms with van der Waals surface area (Å²) in [7, 11) is 4.00. The molecular weight excluding hydrogens is 693 g/mol. The molecule has 0 unspecified atom stereocenters. The number of carboxylic acid groups (broad SMARTS) is 1. The number of ether oxygens (including phenoxy) is 2. The molecule has 0 bridgehead atoms. The van der Waals surface area contributed by atoms with E-state index < -0.39 is 24.0 Å². The third-order valence-electron chi connectivity index (χ3n) is 9.45. The van der Waals surface area contributed by atoms with E-state index in [9.17, 15) is 19.5 Å². The van der Waals surface area contributed by atoms with Crippen molar-refractivity contribution in [3.63, 3.8) is 0 Å². The SMILES string of the molecule is Cc1c(Cl)cccc1OCCOC(=O)N1C[C@@H]2C[C@@H]2c2c(-c3cnn(Cc4cc(C(=O)N[C@@H](CCC[NH+](C)C)C(=O)O)ccc4Cl)c3)cccc21. The molecule has 4 aromatic rings. The molecule has 3 atom stereocenters. The van der Waals surface area contributed by atoms with Crippen LogP contribution in [0.5, 0.6) is 5.75 Å². The zero-order chi connectivity index (χ0) is 36.2. The van der Waals surface area contributed by atoms with Crippen LogP contribution in [0, 0.1) is 12.8 Å². The van der Waals surface area contributed by atoms with E-state index in [4.69, 9.17) is 32.7 Å². The maximum absolute atomic E-state index is 13.3. The third kappa shape index (κ3) is 8.49. The highest BCUT2D eigenvalue weighted by Crippen LogP contribution is 2.57. The van der Waals surface area contributed by atoms with E-state index in [0.717, 1.165) is 40.9 Å². The van der Waals surface area contributed by atoms with Crippen molar-refractivity contribution in [2.24, 2.45) is 5.92 Å². The number of benzene rings is 3. The molecule has 6 rings (SSSR count). The van der Waals surface area contributed by atoms with Crippen molar-refractivity contribution < 1.29 is 33.9 Å². The van der Waals surface area contributed by atoms with Gasteiger partial charge in [-0.25, -0.2) is 9.59 Å². The third-order valence-corrected chi connectivity index (χ3v) is 10.2. The molecule has 2 amide bonds. The summed E-state index contributed by atoms with van der Waals surface area (Å²) in [5.41, 5.74) is 5.66. The van der Waals surface area contributed by atoms with Crippen molar-refractivity contribution >= 4 is 46.9 Å². The molecule has 1 aliphatic heterocycles. The second kappa shape index (κ2) is 15.8. The fraction of sp³-hybridized carbons (Fsp3) is 0.368. The van der Waals surface area contributed by atoms with E-state index in [1.165, 1.54) is 4.90 Å². The van der Waals surface area contributed by atoms with Crippen molar-refractivity contribution in [1.82, 2.24) is 15.1 Å². The number of nitrogens with one attached hydrogen (secondary N) is 2. The largest absolute Gasteiger partial charge is 0.490 e. The van der Waals surface area contributed by atoms with Gasteiger partial charge in [0.2, 0.25) is 0 Å². The fourth-order valence-corrected chi connectivity index (χ4v) is 6.94. The highest BCUT2D eigenvalue weighted by atomic mass is 35.5. The van der Waals surface area contributed by atoms with Gasteiger partial charge in [-0.05, 0) is 91.1 Å². The number of halogens is 2. The lowest BCUT2D eigenvalue weighted by Crippen LogP contribution is -3.05. The first kappa shape index (κ1) is 36.2. The molecule has 51 heavy (non-hydrogen) atoms. The number of aromatic nitrogens is 2. The zero-order valence-electron chi connectivity index (χ0n) is 28.8. The van der Waals surface area contributed by atoms with Gasteiger partial charge in [0.05, 0.1) is 39.1 Å². The molecule has 2 aliphatic rings. The number of hydrogen-bond donors (Lipinski definition) is 3. The lowest BCUT2D eigenvalue weighted by molar-refractivity contribution is -0.858. The van der Waals surface area contributed by atoms with Gasteiger partial charge in [-0.3, -0.25) is 14.4 Å². The molecule has 3 aromatic carbocycles. The van der Waals surface area contributed by atoms with Gasteiger partial charge in [0.25, 0.3) is 5.91 Å². The maximum Gasteiger partial charge on any atom is 0.414 e. The number of rotatable bonds is 14. The zero-order valence-corrected chi connectivity index (χ0v) is 30.3. The second-order valence-electron chi connectivity index (χ2n) is 13.5. The average Bonchev–Trinajstić information content (AvgIpc) is 3.75. The molecule has 0 saturated heterocycles.